The highest BCUT2D eigenvalue weighted by molar-refractivity contribution is 6.04. The maximum absolute atomic E-state index is 7.37. The summed E-state index contributed by atoms with van der Waals surface area (Å²) in [5, 5.41) is 2.29. The first-order valence-electron chi connectivity index (χ1n) is 6.81. The smallest absolute Gasteiger partial charge is 0.245 e. The number of hydrogen-bond acceptors (Lipinski definition) is 1. The molecular weight excluding hydrogens is 260 g/mol. The Morgan fingerprint density at radius 3 is 2.81 bits per heavy atom. The Morgan fingerprint density at radius 2 is 2.00 bits per heavy atom. The third kappa shape index (κ3) is 1.50. The van der Waals surface area contributed by atoms with Crippen molar-refractivity contribution in [3.8, 4) is 22.8 Å². The van der Waals surface area contributed by atoms with Crippen LogP contribution in [0.2, 0.25) is 0 Å². The molecule has 1 aliphatic heterocycles. The summed E-state index contributed by atoms with van der Waals surface area (Å²) in [6.07, 6.45) is 1.92. The highest BCUT2D eigenvalue weighted by atomic mass is 16.5. The van der Waals surface area contributed by atoms with Gasteiger partial charge in [-0.05, 0) is 23.9 Å². The SMILES string of the molecule is [C-]#[N+]c1cc[n+](C)c2c1Oc1cccc3ccc(C)c-2c13. The van der Waals surface area contributed by atoms with Gasteiger partial charge in [-0.15, -0.1) is 0 Å². The van der Waals surface area contributed by atoms with E-state index in [9.17, 15) is 0 Å². The minimum Gasteiger partial charge on any atom is -0.461 e. The Bertz CT molecular complexity index is 952. The topological polar surface area (TPSA) is 17.5 Å². The molecule has 2 aromatic carbocycles. The van der Waals surface area contributed by atoms with Crippen molar-refractivity contribution in [2.75, 3.05) is 0 Å². The van der Waals surface area contributed by atoms with Gasteiger partial charge in [0.15, 0.2) is 6.20 Å². The van der Waals surface area contributed by atoms with E-state index in [0.717, 1.165) is 27.8 Å². The lowest BCUT2D eigenvalue weighted by molar-refractivity contribution is -0.660. The number of aromatic nitrogens is 1. The molecule has 21 heavy (non-hydrogen) atoms. The van der Waals surface area contributed by atoms with Gasteiger partial charge in [-0.3, -0.25) is 0 Å². The van der Waals surface area contributed by atoms with Gasteiger partial charge in [-0.25, -0.2) is 9.41 Å². The molecule has 3 aromatic rings. The van der Waals surface area contributed by atoms with Crippen molar-refractivity contribution < 1.29 is 9.30 Å². The number of rotatable bonds is 0. The molecule has 2 heterocycles. The van der Waals surface area contributed by atoms with E-state index in [-0.39, 0.29) is 0 Å². The molecule has 0 bridgehead atoms. The number of ether oxygens (including phenoxy) is 1. The molecular formula is C18H13N2O+. The van der Waals surface area contributed by atoms with Gasteiger partial charge in [-0.2, -0.15) is 0 Å². The fraction of sp³-hybridized carbons (Fsp3) is 0.111. The molecule has 0 N–H and O–H groups in total. The number of nitrogens with zero attached hydrogens (tertiary/aromatic N) is 2. The Hall–Kier alpha value is -2.86. The molecule has 100 valence electrons. The third-order valence-corrected chi connectivity index (χ3v) is 4.04. The van der Waals surface area contributed by atoms with Gasteiger partial charge < -0.3 is 4.74 Å². The lowest BCUT2D eigenvalue weighted by Crippen LogP contribution is -2.31. The molecule has 0 radical (unpaired) electrons. The lowest BCUT2D eigenvalue weighted by atomic mass is 9.93. The van der Waals surface area contributed by atoms with Crippen molar-refractivity contribution in [1.29, 1.82) is 0 Å². The monoisotopic (exact) mass is 273 g/mol. The first-order valence-corrected chi connectivity index (χ1v) is 6.81. The summed E-state index contributed by atoms with van der Waals surface area (Å²) in [6.45, 7) is 9.48. The molecule has 0 fully saturated rings. The van der Waals surface area contributed by atoms with Crippen LogP contribution in [0.1, 0.15) is 5.56 Å². The summed E-state index contributed by atoms with van der Waals surface area (Å²) in [5.41, 5.74) is 3.88. The lowest BCUT2D eigenvalue weighted by Gasteiger charge is -2.21. The quantitative estimate of drug-likeness (QED) is 0.345. The molecule has 0 aliphatic carbocycles. The second kappa shape index (κ2) is 4.07. The summed E-state index contributed by atoms with van der Waals surface area (Å²) in [7, 11) is 1.99. The number of aryl methyl sites for hydroxylation is 2. The van der Waals surface area contributed by atoms with Crippen LogP contribution in [-0.2, 0) is 7.05 Å². The molecule has 0 unspecified atom stereocenters. The van der Waals surface area contributed by atoms with Crippen LogP contribution in [-0.4, -0.2) is 0 Å². The summed E-state index contributed by atoms with van der Waals surface area (Å²) in [5.74, 6) is 1.49. The Kier molecular flexibility index (Phi) is 2.31. The summed E-state index contributed by atoms with van der Waals surface area (Å²) in [4.78, 5) is 3.60. The van der Waals surface area contributed by atoms with E-state index >= 15 is 0 Å². The third-order valence-electron chi connectivity index (χ3n) is 4.04. The van der Waals surface area contributed by atoms with E-state index in [1.165, 1.54) is 5.56 Å². The van der Waals surface area contributed by atoms with Crippen molar-refractivity contribution in [3.05, 3.63) is 59.6 Å². The molecule has 0 saturated carbocycles. The first-order chi connectivity index (χ1) is 10.2. The Morgan fingerprint density at radius 1 is 1.14 bits per heavy atom. The highest BCUT2D eigenvalue weighted by Gasteiger charge is 2.30. The van der Waals surface area contributed by atoms with Gasteiger partial charge in [0, 0.05) is 11.5 Å². The van der Waals surface area contributed by atoms with E-state index in [2.05, 4.69) is 30.0 Å². The van der Waals surface area contributed by atoms with Crippen LogP contribution < -0.4 is 9.30 Å². The van der Waals surface area contributed by atoms with Crippen molar-refractivity contribution >= 4 is 16.5 Å². The number of hydrogen-bond donors (Lipinski definition) is 0. The van der Waals surface area contributed by atoms with Crippen LogP contribution in [0, 0.1) is 13.5 Å². The Labute approximate surface area is 122 Å². The molecule has 0 spiro atoms. The number of pyridine rings is 1. The minimum absolute atomic E-state index is 0.550. The molecule has 0 atom stereocenters. The highest BCUT2D eigenvalue weighted by Crippen LogP contribution is 2.49. The zero-order valence-electron chi connectivity index (χ0n) is 11.8. The predicted octanol–water partition coefficient (Wildman–Crippen LogP) is 4.30. The van der Waals surface area contributed by atoms with Crippen LogP contribution in [0.5, 0.6) is 11.5 Å². The molecule has 3 nitrogen and oxygen atoms in total. The maximum atomic E-state index is 7.37. The van der Waals surface area contributed by atoms with E-state index < -0.39 is 0 Å². The van der Waals surface area contributed by atoms with Gasteiger partial charge in [-0.1, -0.05) is 24.3 Å². The molecule has 4 rings (SSSR count). The van der Waals surface area contributed by atoms with Crippen LogP contribution in [0.15, 0.2) is 42.6 Å². The number of fused-ring (bicyclic) bond motifs is 2. The average molecular weight is 273 g/mol. The predicted molar refractivity (Wildman–Crippen MR) is 81.6 cm³/mol. The maximum Gasteiger partial charge on any atom is 0.245 e. The Balaban J connectivity index is 2.25. The average Bonchev–Trinajstić information content (AvgIpc) is 2.50. The van der Waals surface area contributed by atoms with Crippen molar-refractivity contribution in [2.24, 2.45) is 7.05 Å². The van der Waals surface area contributed by atoms with Gasteiger partial charge >= 0.3 is 0 Å². The van der Waals surface area contributed by atoms with Gasteiger partial charge in [0.05, 0.1) is 12.1 Å². The summed E-state index contributed by atoms with van der Waals surface area (Å²) < 4.78 is 8.10. The fourth-order valence-corrected chi connectivity index (χ4v) is 3.04. The van der Waals surface area contributed by atoms with Crippen LogP contribution >= 0.6 is 0 Å². The van der Waals surface area contributed by atoms with Crippen molar-refractivity contribution in [2.45, 2.75) is 6.92 Å². The first kappa shape index (κ1) is 11.9. The van der Waals surface area contributed by atoms with Crippen LogP contribution in [0.25, 0.3) is 26.9 Å². The fourth-order valence-electron chi connectivity index (χ4n) is 3.04. The van der Waals surface area contributed by atoms with E-state index in [1.807, 2.05) is 29.9 Å². The van der Waals surface area contributed by atoms with Crippen LogP contribution in [0.4, 0.5) is 5.69 Å². The van der Waals surface area contributed by atoms with Gasteiger partial charge in [0.25, 0.3) is 0 Å². The minimum atomic E-state index is 0.550. The van der Waals surface area contributed by atoms with Crippen molar-refractivity contribution in [3.63, 3.8) is 0 Å². The summed E-state index contributed by atoms with van der Waals surface area (Å²) in [6, 6.07) is 12.1. The van der Waals surface area contributed by atoms with Gasteiger partial charge in [0.1, 0.15) is 12.8 Å². The van der Waals surface area contributed by atoms with E-state index in [0.29, 0.717) is 11.4 Å². The van der Waals surface area contributed by atoms with E-state index in [4.69, 9.17) is 11.3 Å². The zero-order valence-corrected chi connectivity index (χ0v) is 11.8. The second-order valence-corrected chi connectivity index (χ2v) is 5.32. The molecule has 0 saturated heterocycles. The molecule has 0 amide bonds. The van der Waals surface area contributed by atoms with Gasteiger partial charge in [0.2, 0.25) is 17.1 Å². The molecule has 3 heteroatoms. The van der Waals surface area contributed by atoms with E-state index in [1.54, 1.807) is 6.07 Å². The summed E-state index contributed by atoms with van der Waals surface area (Å²) >= 11 is 0. The molecule has 1 aliphatic rings. The van der Waals surface area contributed by atoms with Crippen molar-refractivity contribution in [1.82, 2.24) is 0 Å². The normalized spacial score (nSPS) is 11.7. The number of benzene rings is 2. The standard InChI is InChI=1S/C18H13N2O/c1-11-7-8-12-5-4-6-14-16(12)15(11)17-18(21-14)13(19-2)9-10-20(17)3/h4-10H,1,3H3/q+1. The largest absolute Gasteiger partial charge is 0.461 e. The zero-order chi connectivity index (χ0) is 14.6. The van der Waals surface area contributed by atoms with Crippen LogP contribution in [0.3, 0.4) is 0 Å². The molecule has 1 aromatic heterocycles. The second-order valence-electron chi connectivity index (χ2n) is 5.32.